The normalized spacial score (nSPS) is 17.4. The zero-order valence-corrected chi connectivity index (χ0v) is 18.8. The molecule has 33 heavy (non-hydrogen) atoms. The molecule has 10 heteroatoms. The van der Waals surface area contributed by atoms with E-state index in [4.69, 9.17) is 11.6 Å². The van der Waals surface area contributed by atoms with Gasteiger partial charge in [-0.1, -0.05) is 35.9 Å². The number of anilines is 1. The van der Waals surface area contributed by atoms with Crippen LogP contribution in [0.15, 0.2) is 53.4 Å². The van der Waals surface area contributed by atoms with Crippen LogP contribution >= 0.6 is 23.4 Å². The van der Waals surface area contributed by atoms with Crippen molar-refractivity contribution in [2.45, 2.75) is 12.8 Å². The number of nitrogens with zero attached hydrogens (tertiary/aromatic N) is 2. The Kier molecular flexibility index (Phi) is 6.62. The van der Waals surface area contributed by atoms with E-state index in [9.17, 15) is 24.0 Å². The van der Waals surface area contributed by atoms with E-state index in [1.807, 2.05) is 0 Å². The second-order valence-electron chi connectivity index (χ2n) is 7.28. The van der Waals surface area contributed by atoms with Gasteiger partial charge in [0.05, 0.1) is 10.6 Å². The molecule has 2 aromatic rings. The van der Waals surface area contributed by atoms with Gasteiger partial charge >= 0.3 is 0 Å². The lowest BCUT2D eigenvalue weighted by atomic mass is 10.1. The fraction of sp³-hybridized carbons (Fsp3) is 0.174. The third-order valence-corrected chi connectivity index (χ3v) is 6.36. The number of hydrogen-bond donors (Lipinski definition) is 1. The lowest BCUT2D eigenvalue weighted by molar-refractivity contribution is -0.123. The summed E-state index contributed by atoms with van der Waals surface area (Å²) in [7, 11) is 0. The van der Waals surface area contributed by atoms with Gasteiger partial charge in [0.2, 0.25) is 11.8 Å². The Morgan fingerprint density at radius 3 is 2.48 bits per heavy atom. The Hall–Kier alpha value is -3.43. The number of halogens is 1. The monoisotopic (exact) mass is 483 g/mol. The Balaban J connectivity index is 1.37. The first kappa shape index (κ1) is 22.8. The van der Waals surface area contributed by atoms with Gasteiger partial charge in [0.15, 0.2) is 0 Å². The van der Waals surface area contributed by atoms with Crippen LogP contribution in [0, 0.1) is 0 Å². The topological polar surface area (TPSA) is 104 Å². The van der Waals surface area contributed by atoms with Crippen LogP contribution in [0.2, 0.25) is 5.02 Å². The Bertz CT molecular complexity index is 1200. The van der Waals surface area contributed by atoms with Crippen LogP contribution in [0.25, 0.3) is 6.08 Å². The van der Waals surface area contributed by atoms with E-state index in [2.05, 4.69) is 5.32 Å². The summed E-state index contributed by atoms with van der Waals surface area (Å²) in [5.41, 5.74) is 1.23. The first-order valence-electron chi connectivity index (χ1n) is 10.1. The average molecular weight is 484 g/mol. The predicted octanol–water partition coefficient (Wildman–Crippen LogP) is 3.46. The van der Waals surface area contributed by atoms with Gasteiger partial charge in [-0.2, -0.15) is 0 Å². The smallest absolute Gasteiger partial charge is 0.293 e. The van der Waals surface area contributed by atoms with Crippen LogP contribution in [0.3, 0.4) is 0 Å². The Morgan fingerprint density at radius 1 is 1.03 bits per heavy atom. The van der Waals surface area contributed by atoms with Gasteiger partial charge in [0.1, 0.15) is 0 Å². The number of hydrogen-bond acceptors (Lipinski definition) is 6. The number of thioether (sulfide) groups is 1. The largest absolute Gasteiger partial charge is 0.350 e. The maximum Gasteiger partial charge on any atom is 0.293 e. The summed E-state index contributed by atoms with van der Waals surface area (Å²) in [6.45, 7) is 0.0428. The van der Waals surface area contributed by atoms with E-state index in [1.165, 1.54) is 6.07 Å². The first-order valence-corrected chi connectivity index (χ1v) is 11.3. The van der Waals surface area contributed by atoms with Crippen LogP contribution in [0.4, 0.5) is 10.5 Å². The molecule has 2 saturated heterocycles. The summed E-state index contributed by atoms with van der Waals surface area (Å²) in [6, 6.07) is 13.2. The number of amides is 5. The summed E-state index contributed by atoms with van der Waals surface area (Å²) < 4.78 is 0. The first-order chi connectivity index (χ1) is 15.8. The predicted molar refractivity (Wildman–Crippen MR) is 125 cm³/mol. The van der Waals surface area contributed by atoms with Gasteiger partial charge in [-0.15, -0.1) is 0 Å². The van der Waals surface area contributed by atoms with E-state index in [0.29, 0.717) is 16.3 Å². The molecule has 0 aromatic heterocycles. The van der Waals surface area contributed by atoms with Crippen LogP contribution in [-0.4, -0.2) is 46.9 Å². The van der Waals surface area contributed by atoms with Gasteiger partial charge in [-0.05, 0) is 47.7 Å². The molecule has 168 valence electrons. The van der Waals surface area contributed by atoms with E-state index in [0.717, 1.165) is 21.6 Å². The minimum absolute atomic E-state index is 0.000936. The minimum Gasteiger partial charge on any atom is -0.350 e. The standard InChI is InChI=1S/C23H18ClN3O5S/c24-17-7-2-1-4-14(17)13-18-22(31)26(23(32)33-18)11-10-25-21(30)15-5-3-6-16(12-15)27-19(28)8-9-20(27)29/h1-7,12-13H,8-11H2,(H,25,30)/b18-13-. The van der Waals surface area contributed by atoms with Gasteiger partial charge in [0, 0.05) is 36.5 Å². The highest BCUT2D eigenvalue weighted by molar-refractivity contribution is 8.18. The van der Waals surface area contributed by atoms with Crippen LogP contribution in [0.5, 0.6) is 0 Å². The fourth-order valence-electron chi connectivity index (χ4n) is 3.46. The van der Waals surface area contributed by atoms with Crippen molar-refractivity contribution >= 4 is 64.0 Å². The second-order valence-corrected chi connectivity index (χ2v) is 8.68. The van der Waals surface area contributed by atoms with E-state index < -0.39 is 17.1 Å². The molecular weight excluding hydrogens is 466 g/mol. The lowest BCUT2D eigenvalue weighted by Gasteiger charge is -2.15. The van der Waals surface area contributed by atoms with Gasteiger partial charge in [-0.25, -0.2) is 0 Å². The fourth-order valence-corrected chi connectivity index (χ4v) is 4.51. The zero-order chi connectivity index (χ0) is 23.5. The molecule has 0 radical (unpaired) electrons. The van der Waals surface area contributed by atoms with E-state index in [-0.39, 0.29) is 48.2 Å². The molecule has 0 bridgehead atoms. The number of imide groups is 2. The van der Waals surface area contributed by atoms with Crippen molar-refractivity contribution in [1.29, 1.82) is 0 Å². The summed E-state index contributed by atoms with van der Waals surface area (Å²) in [5, 5.41) is 2.70. The molecule has 0 saturated carbocycles. The van der Waals surface area contributed by atoms with Crippen LogP contribution in [0.1, 0.15) is 28.8 Å². The van der Waals surface area contributed by atoms with Crippen molar-refractivity contribution in [2.24, 2.45) is 0 Å². The van der Waals surface area contributed by atoms with E-state index >= 15 is 0 Å². The molecule has 0 aliphatic carbocycles. The van der Waals surface area contributed by atoms with Crippen molar-refractivity contribution in [3.63, 3.8) is 0 Å². The summed E-state index contributed by atoms with van der Waals surface area (Å²) in [5.74, 6) is -1.51. The van der Waals surface area contributed by atoms with Gasteiger partial charge < -0.3 is 5.32 Å². The molecule has 1 N–H and O–H groups in total. The SMILES string of the molecule is O=C(NCCN1C(=O)S/C(=C\c2ccccc2Cl)C1=O)c1cccc(N2C(=O)CCC2=O)c1. The van der Waals surface area contributed by atoms with Crippen molar-refractivity contribution in [3.8, 4) is 0 Å². The van der Waals surface area contributed by atoms with E-state index in [1.54, 1.807) is 48.5 Å². The average Bonchev–Trinajstić information content (AvgIpc) is 3.27. The quantitative estimate of drug-likeness (QED) is 0.498. The third kappa shape index (κ3) is 4.84. The molecule has 2 aromatic carbocycles. The number of carbonyl (C=O) groups excluding carboxylic acids is 5. The summed E-state index contributed by atoms with van der Waals surface area (Å²) in [6.07, 6.45) is 1.87. The number of nitrogens with one attached hydrogen (secondary N) is 1. The third-order valence-electron chi connectivity index (χ3n) is 5.10. The molecule has 5 amide bonds. The highest BCUT2D eigenvalue weighted by atomic mass is 35.5. The molecule has 2 fully saturated rings. The maximum absolute atomic E-state index is 12.6. The Labute approximate surface area is 198 Å². The summed E-state index contributed by atoms with van der Waals surface area (Å²) >= 11 is 6.93. The molecule has 0 unspecified atom stereocenters. The summed E-state index contributed by atoms with van der Waals surface area (Å²) in [4.78, 5) is 63.7. The molecular formula is C23H18ClN3O5S. The molecule has 4 rings (SSSR count). The lowest BCUT2D eigenvalue weighted by Crippen LogP contribution is -2.37. The van der Waals surface area contributed by atoms with Crippen LogP contribution in [-0.2, 0) is 14.4 Å². The minimum atomic E-state index is -0.452. The second kappa shape index (κ2) is 9.60. The molecule has 2 aliphatic heterocycles. The highest BCUT2D eigenvalue weighted by Crippen LogP contribution is 2.33. The molecule has 0 spiro atoms. The number of rotatable bonds is 6. The molecule has 8 nitrogen and oxygen atoms in total. The zero-order valence-electron chi connectivity index (χ0n) is 17.2. The highest BCUT2D eigenvalue weighted by Gasteiger charge is 2.35. The molecule has 2 heterocycles. The van der Waals surface area contributed by atoms with Gasteiger partial charge in [-0.3, -0.25) is 33.8 Å². The molecule has 2 aliphatic rings. The number of carbonyl (C=O) groups is 5. The van der Waals surface area contributed by atoms with Crippen molar-refractivity contribution in [3.05, 3.63) is 69.6 Å². The van der Waals surface area contributed by atoms with Crippen LogP contribution < -0.4 is 10.2 Å². The van der Waals surface area contributed by atoms with Crippen molar-refractivity contribution < 1.29 is 24.0 Å². The van der Waals surface area contributed by atoms with Gasteiger partial charge in [0.25, 0.3) is 17.1 Å². The van der Waals surface area contributed by atoms with Crippen molar-refractivity contribution in [2.75, 3.05) is 18.0 Å². The van der Waals surface area contributed by atoms with Crippen molar-refractivity contribution in [1.82, 2.24) is 10.2 Å². The number of benzene rings is 2. The molecule has 0 atom stereocenters. The maximum atomic E-state index is 12.6. The Morgan fingerprint density at radius 2 is 1.76 bits per heavy atom.